The number of hydrogen-bond acceptors (Lipinski definition) is 4. The second-order valence-electron chi connectivity index (χ2n) is 5.51. The van der Waals surface area contributed by atoms with E-state index in [2.05, 4.69) is 0 Å². The minimum Gasteiger partial charge on any atom is -0.389 e. The molecule has 2 unspecified atom stereocenters. The SMILES string of the molecule is NC(Cc1ccccc1)C(O)COCC1CCOCC1. The van der Waals surface area contributed by atoms with E-state index < -0.39 is 6.10 Å². The summed E-state index contributed by atoms with van der Waals surface area (Å²) in [4.78, 5) is 0. The highest BCUT2D eigenvalue weighted by atomic mass is 16.5. The van der Waals surface area contributed by atoms with Crippen LogP contribution in [0, 0.1) is 5.92 Å². The van der Waals surface area contributed by atoms with Crippen LogP contribution in [0.4, 0.5) is 0 Å². The van der Waals surface area contributed by atoms with Crippen LogP contribution in [0.3, 0.4) is 0 Å². The molecule has 0 aromatic heterocycles. The van der Waals surface area contributed by atoms with E-state index in [1.165, 1.54) is 0 Å². The molecule has 0 amide bonds. The quantitative estimate of drug-likeness (QED) is 0.791. The Morgan fingerprint density at radius 1 is 1.25 bits per heavy atom. The maximum atomic E-state index is 10.0. The van der Waals surface area contributed by atoms with E-state index in [-0.39, 0.29) is 6.04 Å². The van der Waals surface area contributed by atoms with E-state index in [4.69, 9.17) is 15.2 Å². The molecule has 0 radical (unpaired) electrons. The predicted molar refractivity (Wildman–Crippen MR) is 78.5 cm³/mol. The molecule has 1 aromatic rings. The summed E-state index contributed by atoms with van der Waals surface area (Å²) in [5, 5.41) is 10.0. The van der Waals surface area contributed by atoms with Crippen LogP contribution in [0.2, 0.25) is 0 Å². The summed E-state index contributed by atoms with van der Waals surface area (Å²) in [6.45, 7) is 2.65. The summed E-state index contributed by atoms with van der Waals surface area (Å²) >= 11 is 0. The topological polar surface area (TPSA) is 64.7 Å². The highest BCUT2D eigenvalue weighted by Crippen LogP contribution is 2.15. The van der Waals surface area contributed by atoms with Gasteiger partial charge < -0.3 is 20.3 Å². The standard InChI is InChI=1S/C16H25NO3/c17-15(10-13-4-2-1-3-5-13)16(18)12-20-11-14-6-8-19-9-7-14/h1-5,14-16,18H,6-12,17H2. The van der Waals surface area contributed by atoms with Gasteiger partial charge in [-0.3, -0.25) is 0 Å². The lowest BCUT2D eigenvalue weighted by Gasteiger charge is -2.24. The molecule has 2 rings (SSSR count). The number of aliphatic hydroxyl groups is 1. The second-order valence-corrected chi connectivity index (χ2v) is 5.51. The molecule has 2 atom stereocenters. The zero-order valence-electron chi connectivity index (χ0n) is 11.9. The molecule has 1 fully saturated rings. The first-order valence-corrected chi connectivity index (χ1v) is 7.39. The number of rotatable bonds is 7. The molecule has 1 heterocycles. The molecule has 20 heavy (non-hydrogen) atoms. The molecule has 1 aliphatic heterocycles. The average molecular weight is 279 g/mol. The first-order valence-electron chi connectivity index (χ1n) is 7.39. The average Bonchev–Trinajstić information content (AvgIpc) is 2.49. The molecule has 0 bridgehead atoms. The fourth-order valence-electron chi connectivity index (χ4n) is 2.41. The fourth-order valence-corrected chi connectivity index (χ4v) is 2.41. The van der Waals surface area contributed by atoms with Gasteiger partial charge in [0.2, 0.25) is 0 Å². The van der Waals surface area contributed by atoms with Crippen molar-refractivity contribution in [2.75, 3.05) is 26.4 Å². The lowest BCUT2D eigenvalue weighted by atomic mass is 10.0. The van der Waals surface area contributed by atoms with Gasteiger partial charge in [-0.05, 0) is 30.7 Å². The Hall–Kier alpha value is -0.940. The third-order valence-electron chi connectivity index (χ3n) is 3.79. The van der Waals surface area contributed by atoms with Crippen molar-refractivity contribution in [1.82, 2.24) is 0 Å². The first kappa shape index (κ1) is 15.4. The van der Waals surface area contributed by atoms with Gasteiger partial charge in [0.15, 0.2) is 0 Å². The van der Waals surface area contributed by atoms with Gasteiger partial charge in [0.05, 0.1) is 12.7 Å². The lowest BCUT2D eigenvalue weighted by molar-refractivity contribution is -0.0151. The van der Waals surface area contributed by atoms with E-state index in [1.54, 1.807) is 0 Å². The molecular formula is C16H25NO3. The summed E-state index contributed by atoms with van der Waals surface area (Å²) < 4.78 is 10.9. The van der Waals surface area contributed by atoms with Crippen LogP contribution in [0.5, 0.6) is 0 Å². The number of benzene rings is 1. The molecule has 4 heteroatoms. The molecule has 0 aliphatic carbocycles. The van der Waals surface area contributed by atoms with E-state index in [1.807, 2.05) is 30.3 Å². The van der Waals surface area contributed by atoms with Gasteiger partial charge >= 0.3 is 0 Å². The Morgan fingerprint density at radius 3 is 2.65 bits per heavy atom. The Kier molecular flexibility index (Phi) is 6.47. The monoisotopic (exact) mass is 279 g/mol. The van der Waals surface area contributed by atoms with Crippen molar-refractivity contribution in [2.24, 2.45) is 11.7 Å². The second kappa shape index (κ2) is 8.37. The fraction of sp³-hybridized carbons (Fsp3) is 0.625. The smallest absolute Gasteiger partial charge is 0.0927 e. The summed E-state index contributed by atoms with van der Waals surface area (Å²) in [7, 11) is 0. The van der Waals surface area contributed by atoms with Gasteiger partial charge in [-0.1, -0.05) is 30.3 Å². The minimum absolute atomic E-state index is 0.285. The Labute approximate surface area is 120 Å². The summed E-state index contributed by atoms with van der Waals surface area (Å²) in [6, 6.07) is 9.70. The molecule has 1 aliphatic rings. The van der Waals surface area contributed by atoms with Crippen LogP contribution in [0.25, 0.3) is 0 Å². The highest BCUT2D eigenvalue weighted by Gasteiger charge is 2.18. The molecule has 3 N–H and O–H groups in total. The zero-order valence-corrected chi connectivity index (χ0v) is 11.9. The number of nitrogens with two attached hydrogens (primary N) is 1. The number of hydrogen-bond donors (Lipinski definition) is 2. The molecule has 0 spiro atoms. The summed E-state index contributed by atoms with van der Waals surface area (Å²) in [5.74, 6) is 0.557. The predicted octanol–water partition coefficient (Wildman–Crippen LogP) is 1.36. The van der Waals surface area contributed by atoms with Crippen molar-refractivity contribution in [3.8, 4) is 0 Å². The number of aliphatic hydroxyl groups excluding tert-OH is 1. The lowest BCUT2D eigenvalue weighted by Crippen LogP contribution is -2.40. The molecule has 0 saturated carbocycles. The van der Waals surface area contributed by atoms with Crippen LogP contribution in [0.1, 0.15) is 18.4 Å². The van der Waals surface area contributed by atoms with E-state index in [0.717, 1.165) is 31.6 Å². The molecule has 4 nitrogen and oxygen atoms in total. The third kappa shape index (κ3) is 5.21. The van der Waals surface area contributed by atoms with Crippen molar-refractivity contribution in [3.63, 3.8) is 0 Å². The highest BCUT2D eigenvalue weighted by molar-refractivity contribution is 5.16. The minimum atomic E-state index is -0.616. The molecule has 1 aromatic carbocycles. The zero-order chi connectivity index (χ0) is 14.2. The van der Waals surface area contributed by atoms with E-state index >= 15 is 0 Å². The van der Waals surface area contributed by atoms with Crippen molar-refractivity contribution >= 4 is 0 Å². The van der Waals surface area contributed by atoms with Gasteiger partial charge in [-0.2, -0.15) is 0 Å². The van der Waals surface area contributed by atoms with Gasteiger partial charge in [-0.15, -0.1) is 0 Å². The third-order valence-corrected chi connectivity index (χ3v) is 3.79. The van der Waals surface area contributed by atoms with E-state index in [9.17, 15) is 5.11 Å². The van der Waals surface area contributed by atoms with Crippen LogP contribution in [-0.2, 0) is 15.9 Å². The van der Waals surface area contributed by atoms with Crippen molar-refractivity contribution < 1.29 is 14.6 Å². The summed E-state index contributed by atoms with van der Waals surface area (Å²) in [5.41, 5.74) is 7.16. The summed E-state index contributed by atoms with van der Waals surface area (Å²) in [6.07, 6.45) is 2.15. The van der Waals surface area contributed by atoms with Crippen molar-refractivity contribution in [1.29, 1.82) is 0 Å². The Balaban J connectivity index is 1.64. The van der Waals surface area contributed by atoms with Gasteiger partial charge in [-0.25, -0.2) is 0 Å². The van der Waals surface area contributed by atoms with Crippen LogP contribution in [0.15, 0.2) is 30.3 Å². The Morgan fingerprint density at radius 2 is 1.95 bits per heavy atom. The van der Waals surface area contributed by atoms with Crippen molar-refractivity contribution in [2.45, 2.75) is 31.4 Å². The van der Waals surface area contributed by atoms with Gasteiger partial charge in [0.1, 0.15) is 0 Å². The first-order chi connectivity index (χ1) is 9.75. The van der Waals surface area contributed by atoms with Gasteiger partial charge in [0, 0.05) is 25.9 Å². The largest absolute Gasteiger partial charge is 0.389 e. The Bertz CT molecular complexity index is 365. The van der Waals surface area contributed by atoms with Crippen LogP contribution >= 0.6 is 0 Å². The van der Waals surface area contributed by atoms with Crippen molar-refractivity contribution in [3.05, 3.63) is 35.9 Å². The maximum Gasteiger partial charge on any atom is 0.0927 e. The van der Waals surface area contributed by atoms with E-state index in [0.29, 0.717) is 25.6 Å². The van der Waals surface area contributed by atoms with Gasteiger partial charge in [0.25, 0.3) is 0 Å². The van der Waals surface area contributed by atoms with Crippen LogP contribution < -0.4 is 5.73 Å². The molecular weight excluding hydrogens is 254 g/mol. The normalized spacial score (nSPS) is 19.7. The van der Waals surface area contributed by atoms with Crippen LogP contribution in [-0.4, -0.2) is 43.7 Å². The molecule has 112 valence electrons. The molecule has 1 saturated heterocycles. The maximum absolute atomic E-state index is 10.0. The number of ether oxygens (including phenoxy) is 2.